The molecule has 28 heavy (non-hydrogen) atoms. The zero-order valence-corrected chi connectivity index (χ0v) is 17.2. The lowest BCUT2D eigenvalue weighted by Gasteiger charge is -2.49. The summed E-state index contributed by atoms with van der Waals surface area (Å²) in [6.45, 7) is 7.51. The number of ketones is 1. The van der Waals surface area contributed by atoms with Crippen LogP contribution in [0.25, 0.3) is 0 Å². The maximum Gasteiger partial charge on any atom is 0.187 e. The molecule has 7 heteroatoms. The van der Waals surface area contributed by atoms with Crippen molar-refractivity contribution in [2.45, 2.75) is 96.1 Å². The number of aliphatic hydroxyl groups is 4. The Bertz CT molecular complexity index is 641. The normalized spacial score (nSPS) is 42.5. The maximum atomic E-state index is 12.2. The van der Waals surface area contributed by atoms with E-state index >= 15 is 0 Å². The summed E-state index contributed by atoms with van der Waals surface area (Å²) in [5.41, 5.74) is 1.46. The van der Waals surface area contributed by atoms with Gasteiger partial charge in [-0.25, -0.2) is 0 Å². The molecule has 2 aliphatic carbocycles. The highest BCUT2D eigenvalue weighted by Crippen LogP contribution is 2.52. The number of hydrogen-bond acceptors (Lipinski definition) is 7. The van der Waals surface area contributed by atoms with Gasteiger partial charge in [-0.15, -0.1) is 0 Å². The van der Waals surface area contributed by atoms with Crippen LogP contribution in [0.3, 0.4) is 0 Å². The van der Waals surface area contributed by atoms with Crippen LogP contribution in [0, 0.1) is 11.3 Å². The van der Waals surface area contributed by atoms with Crippen molar-refractivity contribution < 1.29 is 34.7 Å². The molecule has 0 aromatic carbocycles. The lowest BCUT2D eigenvalue weighted by atomic mass is 9.59. The number of carbonyl (C=O) groups is 1. The van der Waals surface area contributed by atoms with Crippen LogP contribution in [0.5, 0.6) is 0 Å². The number of allylic oxidation sites excluding steroid dienone is 2. The van der Waals surface area contributed by atoms with E-state index < -0.39 is 42.9 Å². The van der Waals surface area contributed by atoms with Gasteiger partial charge in [0.05, 0.1) is 12.2 Å². The molecule has 4 N–H and O–H groups in total. The number of hydrogen-bond donors (Lipinski definition) is 4. The van der Waals surface area contributed by atoms with Gasteiger partial charge in [0.1, 0.15) is 24.4 Å². The first-order valence-corrected chi connectivity index (χ1v) is 10.2. The molecule has 1 saturated carbocycles. The third-order valence-electron chi connectivity index (χ3n) is 7.25. The van der Waals surface area contributed by atoms with Crippen molar-refractivity contribution in [2.24, 2.45) is 11.3 Å². The van der Waals surface area contributed by atoms with Crippen LogP contribution in [0.1, 0.15) is 59.8 Å². The Kier molecular flexibility index (Phi) is 6.07. The molecule has 3 aliphatic rings. The maximum absolute atomic E-state index is 12.2. The monoisotopic (exact) mass is 398 g/mol. The van der Waals surface area contributed by atoms with Gasteiger partial charge < -0.3 is 29.9 Å². The van der Waals surface area contributed by atoms with Crippen LogP contribution in [0.2, 0.25) is 0 Å². The first kappa shape index (κ1) is 21.9. The molecule has 3 rings (SSSR count). The Labute approximate surface area is 166 Å². The van der Waals surface area contributed by atoms with Crippen molar-refractivity contribution in [2.75, 3.05) is 6.61 Å². The molecule has 7 atom stereocenters. The number of ether oxygens (including phenoxy) is 2. The van der Waals surface area contributed by atoms with E-state index in [4.69, 9.17) is 9.47 Å². The van der Waals surface area contributed by atoms with E-state index in [2.05, 4.69) is 6.92 Å². The van der Waals surface area contributed by atoms with Gasteiger partial charge in [-0.1, -0.05) is 12.5 Å². The number of fused-ring (bicyclic) bond motifs is 1. The van der Waals surface area contributed by atoms with Crippen LogP contribution in [-0.2, 0) is 14.3 Å². The fourth-order valence-corrected chi connectivity index (χ4v) is 5.02. The number of carbonyl (C=O) groups excluding carboxylic acids is 1. The third kappa shape index (κ3) is 3.80. The first-order chi connectivity index (χ1) is 13.0. The predicted molar refractivity (Wildman–Crippen MR) is 101 cm³/mol. The van der Waals surface area contributed by atoms with E-state index in [0.29, 0.717) is 6.42 Å². The molecular weight excluding hydrogens is 364 g/mol. The van der Waals surface area contributed by atoms with Crippen molar-refractivity contribution in [3.63, 3.8) is 0 Å². The van der Waals surface area contributed by atoms with Crippen LogP contribution in [-0.4, -0.2) is 69.1 Å². The minimum absolute atomic E-state index is 0.0632. The third-order valence-corrected chi connectivity index (χ3v) is 7.25. The average Bonchev–Trinajstić information content (AvgIpc) is 2.65. The summed E-state index contributed by atoms with van der Waals surface area (Å²) in [5.74, 6) is 0.338. The van der Waals surface area contributed by atoms with Gasteiger partial charge in [-0.05, 0) is 63.4 Å². The molecule has 0 spiro atoms. The Morgan fingerprint density at radius 3 is 2.50 bits per heavy atom. The summed E-state index contributed by atoms with van der Waals surface area (Å²) in [7, 11) is 0. The average molecular weight is 398 g/mol. The summed E-state index contributed by atoms with van der Waals surface area (Å²) >= 11 is 0. The fraction of sp³-hybridized carbons (Fsp3) is 0.857. The minimum atomic E-state index is -1.46. The van der Waals surface area contributed by atoms with Crippen molar-refractivity contribution in [3.05, 3.63) is 11.1 Å². The van der Waals surface area contributed by atoms with Gasteiger partial charge in [0.15, 0.2) is 12.1 Å². The molecule has 7 nitrogen and oxygen atoms in total. The Balaban J connectivity index is 1.76. The van der Waals surface area contributed by atoms with Crippen molar-refractivity contribution in [3.8, 4) is 0 Å². The standard InChI is InChI=1S/C21H34O7/c1-11-13-9-12(5-7-21(13,4)8-6-14(11)23)20(2,3)28-19-18(26)17(25)16(24)15(10-22)27-19/h12,15-19,22,24-26H,5-10H2,1-4H3/t12-,15-,16-,17+,18-,19+,21+/m1/s1. The van der Waals surface area contributed by atoms with Gasteiger partial charge in [0.2, 0.25) is 0 Å². The SMILES string of the molecule is CC1=C2C[C@H](C(C)(C)O[C@@H]3O[C@H](CO)[C@@H](O)[C@H](O)[C@H]3O)CC[C@@]2(C)CCC1=O. The first-order valence-electron chi connectivity index (χ1n) is 10.2. The largest absolute Gasteiger partial charge is 0.394 e. The number of aliphatic hydroxyl groups excluding tert-OH is 4. The minimum Gasteiger partial charge on any atom is -0.394 e. The molecule has 1 saturated heterocycles. The summed E-state index contributed by atoms with van der Waals surface area (Å²) in [4.78, 5) is 12.2. The van der Waals surface area contributed by atoms with Crippen molar-refractivity contribution in [1.29, 1.82) is 0 Å². The zero-order valence-electron chi connectivity index (χ0n) is 17.2. The number of rotatable bonds is 4. The van der Waals surface area contributed by atoms with Gasteiger partial charge in [0.25, 0.3) is 0 Å². The quantitative estimate of drug-likeness (QED) is 0.560. The van der Waals surface area contributed by atoms with Crippen LogP contribution in [0.15, 0.2) is 11.1 Å². The fourth-order valence-electron chi connectivity index (χ4n) is 5.02. The molecule has 0 unspecified atom stereocenters. The highest BCUT2D eigenvalue weighted by atomic mass is 16.7. The van der Waals surface area contributed by atoms with Gasteiger partial charge in [0, 0.05) is 6.42 Å². The molecule has 1 aliphatic heterocycles. The Morgan fingerprint density at radius 2 is 1.86 bits per heavy atom. The lowest BCUT2D eigenvalue weighted by molar-refractivity contribution is -0.329. The predicted octanol–water partition coefficient (Wildman–Crippen LogP) is 1.07. The Hall–Kier alpha value is -0.830. The van der Waals surface area contributed by atoms with E-state index in [1.54, 1.807) is 0 Å². The highest BCUT2D eigenvalue weighted by molar-refractivity contribution is 5.96. The van der Waals surface area contributed by atoms with E-state index in [-0.39, 0.29) is 17.1 Å². The number of Topliss-reactive ketones (excluding diaryl/α,β-unsaturated/α-hetero) is 1. The zero-order chi connectivity index (χ0) is 20.9. The molecule has 0 aromatic heterocycles. The van der Waals surface area contributed by atoms with E-state index in [9.17, 15) is 25.2 Å². The second kappa shape index (κ2) is 7.78. The molecular formula is C21H34O7. The molecule has 0 aromatic rings. The van der Waals surface area contributed by atoms with Gasteiger partial charge in [-0.2, -0.15) is 0 Å². The van der Waals surface area contributed by atoms with Crippen molar-refractivity contribution >= 4 is 5.78 Å². The van der Waals surface area contributed by atoms with Gasteiger partial charge in [-0.3, -0.25) is 4.79 Å². The Morgan fingerprint density at radius 1 is 1.18 bits per heavy atom. The molecule has 0 bridgehead atoms. The summed E-state index contributed by atoms with van der Waals surface area (Å²) < 4.78 is 11.6. The van der Waals surface area contributed by atoms with E-state index in [0.717, 1.165) is 31.3 Å². The topological polar surface area (TPSA) is 116 Å². The van der Waals surface area contributed by atoms with Crippen LogP contribution >= 0.6 is 0 Å². The summed E-state index contributed by atoms with van der Waals surface area (Å²) in [6.07, 6.45) is -2.27. The lowest BCUT2D eigenvalue weighted by Crippen LogP contribution is -2.61. The van der Waals surface area contributed by atoms with Crippen LogP contribution in [0.4, 0.5) is 0 Å². The molecule has 1 heterocycles. The van der Waals surface area contributed by atoms with E-state index in [1.165, 1.54) is 5.57 Å². The second-order valence-corrected chi connectivity index (χ2v) is 9.45. The highest BCUT2D eigenvalue weighted by Gasteiger charge is 2.49. The van der Waals surface area contributed by atoms with Crippen LogP contribution < -0.4 is 0 Å². The van der Waals surface area contributed by atoms with Crippen molar-refractivity contribution in [1.82, 2.24) is 0 Å². The summed E-state index contributed by atoms with van der Waals surface area (Å²) in [6, 6.07) is 0. The van der Waals surface area contributed by atoms with E-state index in [1.807, 2.05) is 20.8 Å². The smallest absolute Gasteiger partial charge is 0.187 e. The molecule has 160 valence electrons. The molecule has 0 amide bonds. The van der Waals surface area contributed by atoms with Gasteiger partial charge >= 0.3 is 0 Å². The molecule has 0 radical (unpaired) electrons. The molecule has 2 fully saturated rings. The second-order valence-electron chi connectivity index (χ2n) is 9.45. The summed E-state index contributed by atoms with van der Waals surface area (Å²) in [5, 5.41) is 39.6.